The van der Waals surface area contributed by atoms with E-state index in [0.29, 0.717) is 17.7 Å². The predicted molar refractivity (Wildman–Crippen MR) is 236 cm³/mol. The number of hydrogen-bond acceptors (Lipinski definition) is 18. The van der Waals surface area contributed by atoms with Crippen molar-refractivity contribution in [3.63, 3.8) is 0 Å². The van der Waals surface area contributed by atoms with E-state index >= 15 is 0 Å². The van der Waals surface area contributed by atoms with E-state index in [4.69, 9.17) is 52.2 Å². The molecular formula is C47H78N2O16. The Balaban J connectivity index is 2.03. The Morgan fingerprint density at radius 2 is 1.52 bits per heavy atom. The van der Waals surface area contributed by atoms with Gasteiger partial charge in [-0.3, -0.25) is 14.4 Å². The second-order valence-electron chi connectivity index (χ2n) is 19.6. The van der Waals surface area contributed by atoms with Crippen molar-refractivity contribution in [1.29, 1.82) is 0 Å². The molecule has 1 N–H and O–H groups in total. The first-order chi connectivity index (χ1) is 30.2. The van der Waals surface area contributed by atoms with Crippen molar-refractivity contribution >= 4 is 29.6 Å². The molecule has 18 nitrogen and oxygen atoms in total. The molecule has 0 spiro atoms. The maximum Gasteiger partial charge on any atom is 0.331 e. The summed E-state index contributed by atoms with van der Waals surface area (Å²) >= 11 is 0. The van der Waals surface area contributed by atoms with Crippen LogP contribution < -0.4 is 0 Å². The first-order valence-electron chi connectivity index (χ1n) is 23.0. The van der Waals surface area contributed by atoms with Crippen LogP contribution in [0.4, 0.5) is 0 Å². The lowest BCUT2D eigenvalue weighted by molar-refractivity contribution is -0.321. The molecule has 65 heavy (non-hydrogen) atoms. The Hall–Kier alpha value is -3.07. The molecule has 0 saturated carbocycles. The number of methoxy groups -OCH3 is 1. The number of nitrogens with zero attached hydrogens (tertiary/aromatic N) is 2. The van der Waals surface area contributed by atoms with Gasteiger partial charge in [0.2, 0.25) is 0 Å². The van der Waals surface area contributed by atoms with Crippen LogP contribution in [-0.4, -0.2) is 158 Å². The highest BCUT2D eigenvalue weighted by molar-refractivity contribution is 5.89. The molecule has 4 rings (SSSR count). The van der Waals surface area contributed by atoms with E-state index in [1.807, 2.05) is 53.6 Å². The van der Waals surface area contributed by atoms with E-state index < -0.39 is 120 Å². The molecule has 0 aromatic carbocycles. The summed E-state index contributed by atoms with van der Waals surface area (Å²) in [7, 11) is 5.31. The van der Waals surface area contributed by atoms with E-state index in [1.165, 1.54) is 27.9 Å². The molecule has 0 aliphatic carbocycles. The van der Waals surface area contributed by atoms with Gasteiger partial charge in [0.25, 0.3) is 0 Å². The van der Waals surface area contributed by atoms with Crippen LogP contribution in [0.15, 0.2) is 17.3 Å². The molecule has 18 atom stereocenters. The molecular weight excluding hydrogens is 849 g/mol. The molecule has 18 heteroatoms. The van der Waals surface area contributed by atoms with E-state index in [-0.39, 0.29) is 44.6 Å². The molecule has 2 bridgehead atoms. The standard InChI is InChI=1S/C47H78N2O16/c1-18-35-47(14,54)41-27(5)37(48-65-33(11)52)25(3)20-46(13,57-23-24(2)22-56-41)40(64-44-39(60-31(9)50)34(49(15)16)19-26(4)58-44)28(6)38(29(7)43(53)62-35)63-36-21-45(12,55-17)42(30(8)59-36)61-32(10)51/h25-30,34-36,38-42,44,54H,2,18-23H2,1,3-17H3/b48-37+/t25-,26-,27+,28+,29-,30+,34+,35-,36+,38+,39-,40-,41-,42+,44+,45-,46-,47-/m1/s1. The number of carbonyl (C=O) groups excluding carboxylic acids is 4. The maximum atomic E-state index is 14.8. The Kier molecular flexibility index (Phi) is 18.8. The molecule has 372 valence electrons. The van der Waals surface area contributed by atoms with Crippen molar-refractivity contribution in [2.75, 3.05) is 34.4 Å². The van der Waals surface area contributed by atoms with Gasteiger partial charge in [-0.2, -0.15) is 0 Å². The number of cyclic esters (lactones) is 1. The summed E-state index contributed by atoms with van der Waals surface area (Å²) in [5.74, 6) is -5.49. The fourth-order valence-electron chi connectivity index (χ4n) is 10.3. The van der Waals surface area contributed by atoms with Gasteiger partial charge in [0.05, 0.1) is 67.0 Å². The van der Waals surface area contributed by atoms with E-state index in [0.717, 1.165) is 0 Å². The highest BCUT2D eigenvalue weighted by Gasteiger charge is 2.56. The molecule has 0 amide bonds. The normalized spacial score (nSPS) is 43.1. The molecule has 4 fully saturated rings. The Morgan fingerprint density at radius 3 is 2.09 bits per heavy atom. The van der Waals surface area contributed by atoms with E-state index in [1.54, 1.807) is 34.6 Å². The molecule has 0 aromatic heterocycles. The van der Waals surface area contributed by atoms with Crippen molar-refractivity contribution in [1.82, 2.24) is 4.90 Å². The van der Waals surface area contributed by atoms with Crippen molar-refractivity contribution in [2.45, 2.75) is 200 Å². The zero-order valence-electron chi connectivity index (χ0n) is 41.6. The summed E-state index contributed by atoms with van der Waals surface area (Å²) in [6, 6.07) is -0.312. The number of fused-ring (bicyclic) bond motifs is 5. The maximum absolute atomic E-state index is 14.8. The van der Waals surface area contributed by atoms with Gasteiger partial charge in [0.1, 0.15) is 17.3 Å². The smallest absolute Gasteiger partial charge is 0.331 e. The summed E-state index contributed by atoms with van der Waals surface area (Å²) in [5, 5.41) is 17.0. The zero-order valence-corrected chi connectivity index (χ0v) is 41.6. The first-order valence-corrected chi connectivity index (χ1v) is 23.0. The van der Waals surface area contributed by atoms with Crippen LogP contribution in [0.2, 0.25) is 0 Å². The predicted octanol–water partition coefficient (Wildman–Crippen LogP) is 4.90. The molecule has 0 radical (unpaired) electrons. The average molecular weight is 927 g/mol. The summed E-state index contributed by atoms with van der Waals surface area (Å²) in [6.07, 6.45) is -8.20. The highest BCUT2D eigenvalue weighted by Crippen LogP contribution is 2.44. The molecule has 0 aromatic rings. The SMILES string of the molecule is C=C1CO[C@@H]2[C@@H](C)/C(=N/OC(C)=O)[C@H](C)C[C@@](C)(OC1)[C@H](O[C@@H]1O[C@H](C)C[C@H](N(C)C)[C@H]1OC(C)=O)[C@@H](C)[C@H](O[C@H]1C[C@@](C)(OC)[C@@H](OC(C)=O)[C@H](C)O1)[C@@H](C)C(=O)O[C@H](CC)[C@@]2(C)O. The largest absolute Gasteiger partial charge is 0.459 e. The van der Waals surface area contributed by atoms with Crippen molar-refractivity contribution in [3.05, 3.63) is 12.2 Å². The van der Waals surface area contributed by atoms with Crippen LogP contribution in [0.1, 0.15) is 116 Å². The van der Waals surface area contributed by atoms with Crippen LogP contribution in [0.3, 0.4) is 0 Å². The molecule has 4 saturated heterocycles. The number of likely N-dealkylation sites (N-methyl/N-ethyl adjacent to an activating group) is 1. The number of rotatable bonds is 10. The second-order valence-corrected chi connectivity index (χ2v) is 19.6. The topological polar surface area (TPSA) is 206 Å². The van der Waals surface area contributed by atoms with Crippen molar-refractivity contribution < 1.29 is 76.5 Å². The monoisotopic (exact) mass is 927 g/mol. The highest BCUT2D eigenvalue weighted by atomic mass is 16.7. The fraction of sp³-hybridized carbons (Fsp3) is 0.851. The number of aliphatic hydroxyl groups is 1. The fourth-order valence-corrected chi connectivity index (χ4v) is 10.3. The lowest BCUT2D eigenvalue weighted by Crippen LogP contribution is -2.62. The Bertz CT molecular complexity index is 1710. The number of ether oxygens (including phenoxy) is 10. The summed E-state index contributed by atoms with van der Waals surface area (Å²) in [4.78, 5) is 59.4. The van der Waals surface area contributed by atoms with Crippen LogP contribution in [0, 0.1) is 23.7 Å². The van der Waals surface area contributed by atoms with E-state index in [2.05, 4.69) is 11.7 Å². The van der Waals surface area contributed by atoms with Crippen LogP contribution in [0.5, 0.6) is 0 Å². The lowest BCUT2D eigenvalue weighted by atomic mass is 9.73. The quantitative estimate of drug-likeness (QED) is 0.102. The molecule has 4 heterocycles. The molecule has 0 unspecified atom stereocenters. The second kappa shape index (κ2) is 22.4. The average Bonchev–Trinajstić information content (AvgIpc) is 3.22. The third-order valence-corrected chi connectivity index (χ3v) is 13.7. The van der Waals surface area contributed by atoms with Crippen molar-refractivity contribution in [3.8, 4) is 0 Å². The minimum Gasteiger partial charge on any atom is -0.459 e. The minimum absolute atomic E-state index is 0.0220. The van der Waals surface area contributed by atoms with Gasteiger partial charge < -0.3 is 62.2 Å². The molecule has 4 aliphatic heterocycles. The van der Waals surface area contributed by atoms with Crippen LogP contribution in [0.25, 0.3) is 0 Å². The number of hydrogen-bond donors (Lipinski definition) is 1. The molecule has 4 aliphatic rings. The van der Waals surface area contributed by atoms with Crippen molar-refractivity contribution in [2.24, 2.45) is 28.8 Å². The van der Waals surface area contributed by atoms with Gasteiger partial charge in [-0.1, -0.05) is 39.4 Å². The van der Waals surface area contributed by atoms with Crippen LogP contribution >= 0.6 is 0 Å². The number of esters is 3. The summed E-state index contributed by atoms with van der Waals surface area (Å²) in [6.45, 7) is 26.1. The van der Waals surface area contributed by atoms with Gasteiger partial charge in [0, 0.05) is 52.1 Å². The number of carbonyl (C=O) groups is 4. The third-order valence-electron chi connectivity index (χ3n) is 13.7. The van der Waals surface area contributed by atoms with Gasteiger partial charge in [-0.05, 0) is 80.5 Å². The first kappa shape index (κ1) is 54.5. The van der Waals surface area contributed by atoms with E-state index in [9.17, 15) is 24.3 Å². The Morgan fingerprint density at radius 1 is 0.877 bits per heavy atom. The minimum atomic E-state index is -1.83. The zero-order chi connectivity index (χ0) is 48.9. The summed E-state index contributed by atoms with van der Waals surface area (Å²) in [5.41, 5.74) is -3.33. The third kappa shape index (κ3) is 12.9. The van der Waals surface area contributed by atoms with Crippen LogP contribution in [-0.2, 0) is 71.4 Å². The van der Waals surface area contributed by atoms with Gasteiger partial charge in [0.15, 0.2) is 24.8 Å². The number of oxime groups is 1. The lowest BCUT2D eigenvalue weighted by Gasteiger charge is -2.50. The van der Waals surface area contributed by atoms with Gasteiger partial charge in [-0.25, -0.2) is 4.79 Å². The Labute approximate surface area is 385 Å². The van der Waals surface area contributed by atoms with Gasteiger partial charge in [-0.15, -0.1) is 0 Å². The van der Waals surface area contributed by atoms with Gasteiger partial charge >= 0.3 is 23.9 Å². The summed E-state index contributed by atoms with van der Waals surface area (Å²) < 4.78 is 64.8.